The van der Waals surface area contributed by atoms with Crippen molar-refractivity contribution in [2.45, 2.75) is 19.6 Å². The molecular weight excluding hydrogens is 340 g/mol. The van der Waals surface area contributed by atoms with E-state index >= 15 is 0 Å². The van der Waals surface area contributed by atoms with E-state index in [2.05, 4.69) is 9.64 Å². The molecule has 0 atom stereocenters. The lowest BCUT2D eigenvalue weighted by atomic mass is 9.91. The first-order valence-corrected chi connectivity index (χ1v) is 8.41. The van der Waals surface area contributed by atoms with Gasteiger partial charge in [0.05, 0.1) is 6.61 Å². The van der Waals surface area contributed by atoms with Crippen molar-refractivity contribution < 1.29 is 23.4 Å². The summed E-state index contributed by atoms with van der Waals surface area (Å²) in [5, 5.41) is 8.85. The highest BCUT2D eigenvalue weighted by Gasteiger charge is 2.18. The van der Waals surface area contributed by atoms with Gasteiger partial charge >= 0.3 is 6.61 Å². The van der Waals surface area contributed by atoms with E-state index in [1.807, 2.05) is 31.4 Å². The summed E-state index contributed by atoms with van der Waals surface area (Å²) in [6.07, 6.45) is 2.63. The van der Waals surface area contributed by atoms with E-state index in [4.69, 9.17) is 9.84 Å². The Labute approximate surface area is 151 Å². The van der Waals surface area contributed by atoms with Crippen molar-refractivity contribution in [1.29, 1.82) is 0 Å². The van der Waals surface area contributed by atoms with Gasteiger partial charge in [0.15, 0.2) is 0 Å². The Morgan fingerprint density at radius 3 is 2.54 bits per heavy atom. The number of aliphatic hydroxyl groups excluding tert-OH is 1. The summed E-state index contributed by atoms with van der Waals surface area (Å²) in [7, 11) is 1.98. The molecule has 138 valence electrons. The summed E-state index contributed by atoms with van der Waals surface area (Å²) in [5.74, 6) is 0.911. The van der Waals surface area contributed by atoms with Crippen LogP contribution in [0.1, 0.15) is 23.1 Å². The highest BCUT2D eigenvalue weighted by molar-refractivity contribution is 5.82. The van der Waals surface area contributed by atoms with Crippen molar-refractivity contribution in [3.05, 3.63) is 65.4 Å². The SMILES string of the molecule is CN1C=C(c2ccc(OC(F)F)cc2)c2ccc(OCCCO)cc2C1. The number of nitrogens with zero attached hydrogens (tertiary/aromatic N) is 1. The minimum Gasteiger partial charge on any atom is -0.493 e. The normalized spacial score (nSPS) is 13.4. The van der Waals surface area contributed by atoms with Gasteiger partial charge in [-0.1, -0.05) is 18.2 Å². The minimum atomic E-state index is -2.83. The van der Waals surface area contributed by atoms with Crippen molar-refractivity contribution in [2.24, 2.45) is 0 Å². The van der Waals surface area contributed by atoms with E-state index in [9.17, 15) is 8.78 Å². The molecule has 3 rings (SSSR count). The molecule has 0 aromatic heterocycles. The number of alkyl halides is 2. The van der Waals surface area contributed by atoms with Crippen LogP contribution in [-0.2, 0) is 6.54 Å². The zero-order valence-corrected chi connectivity index (χ0v) is 14.5. The van der Waals surface area contributed by atoms with Gasteiger partial charge in [0, 0.05) is 38.4 Å². The van der Waals surface area contributed by atoms with E-state index in [-0.39, 0.29) is 12.4 Å². The van der Waals surface area contributed by atoms with Crippen LogP contribution in [0.15, 0.2) is 48.7 Å². The summed E-state index contributed by atoms with van der Waals surface area (Å²) in [5.41, 5.74) is 4.15. The molecule has 0 bridgehead atoms. The van der Waals surface area contributed by atoms with Gasteiger partial charge < -0.3 is 19.5 Å². The van der Waals surface area contributed by atoms with Crippen LogP contribution < -0.4 is 9.47 Å². The fraction of sp³-hybridized carbons (Fsp3) is 0.300. The summed E-state index contributed by atoms with van der Waals surface area (Å²) in [4.78, 5) is 2.07. The van der Waals surface area contributed by atoms with Crippen LogP contribution in [0.25, 0.3) is 5.57 Å². The molecule has 4 nitrogen and oxygen atoms in total. The predicted molar refractivity (Wildman–Crippen MR) is 95.3 cm³/mol. The van der Waals surface area contributed by atoms with E-state index < -0.39 is 6.61 Å². The maximum atomic E-state index is 12.3. The third-order valence-electron chi connectivity index (χ3n) is 4.10. The Hall–Kier alpha value is -2.60. The molecule has 2 aromatic carbocycles. The summed E-state index contributed by atoms with van der Waals surface area (Å²) >= 11 is 0. The molecule has 0 spiro atoms. The zero-order valence-electron chi connectivity index (χ0n) is 14.5. The minimum absolute atomic E-state index is 0.103. The molecule has 1 N–H and O–H groups in total. The fourth-order valence-corrected chi connectivity index (χ4v) is 2.96. The van der Waals surface area contributed by atoms with Gasteiger partial charge in [-0.3, -0.25) is 0 Å². The van der Waals surface area contributed by atoms with Gasteiger partial charge in [0.1, 0.15) is 11.5 Å². The quantitative estimate of drug-likeness (QED) is 0.760. The Morgan fingerprint density at radius 1 is 1.12 bits per heavy atom. The van der Waals surface area contributed by atoms with Crippen LogP contribution in [0, 0.1) is 0 Å². The molecule has 0 fully saturated rings. The molecule has 2 aromatic rings. The van der Waals surface area contributed by atoms with Gasteiger partial charge in [-0.15, -0.1) is 0 Å². The first kappa shape index (κ1) is 18.2. The number of ether oxygens (including phenoxy) is 2. The number of hydrogen-bond donors (Lipinski definition) is 1. The zero-order chi connectivity index (χ0) is 18.5. The monoisotopic (exact) mass is 361 g/mol. The Morgan fingerprint density at radius 2 is 1.85 bits per heavy atom. The van der Waals surface area contributed by atoms with Gasteiger partial charge in [-0.2, -0.15) is 8.78 Å². The average molecular weight is 361 g/mol. The van der Waals surface area contributed by atoms with E-state index in [1.165, 1.54) is 0 Å². The van der Waals surface area contributed by atoms with Crippen LogP contribution in [0.3, 0.4) is 0 Å². The Kier molecular flexibility index (Phi) is 5.73. The molecule has 0 unspecified atom stereocenters. The lowest BCUT2D eigenvalue weighted by Crippen LogP contribution is -2.17. The van der Waals surface area contributed by atoms with Gasteiger partial charge in [-0.05, 0) is 41.0 Å². The Bertz CT molecular complexity index is 775. The third-order valence-corrected chi connectivity index (χ3v) is 4.10. The number of halogens is 2. The predicted octanol–water partition coefficient (Wildman–Crippen LogP) is 3.88. The fourth-order valence-electron chi connectivity index (χ4n) is 2.96. The van der Waals surface area contributed by atoms with E-state index in [1.54, 1.807) is 24.3 Å². The highest BCUT2D eigenvalue weighted by Crippen LogP contribution is 2.34. The topological polar surface area (TPSA) is 41.9 Å². The van der Waals surface area contributed by atoms with Crippen molar-refractivity contribution in [2.75, 3.05) is 20.3 Å². The lowest BCUT2D eigenvalue weighted by molar-refractivity contribution is -0.0498. The van der Waals surface area contributed by atoms with Crippen LogP contribution in [0.4, 0.5) is 8.78 Å². The molecule has 0 aliphatic carbocycles. The molecular formula is C20H21F2NO3. The van der Waals surface area contributed by atoms with Crippen molar-refractivity contribution in [1.82, 2.24) is 4.90 Å². The molecule has 0 amide bonds. The van der Waals surface area contributed by atoms with Crippen molar-refractivity contribution in [3.63, 3.8) is 0 Å². The number of rotatable bonds is 7. The largest absolute Gasteiger partial charge is 0.493 e. The molecule has 0 saturated heterocycles. The van der Waals surface area contributed by atoms with Gasteiger partial charge in [0.25, 0.3) is 0 Å². The van der Waals surface area contributed by atoms with Crippen molar-refractivity contribution in [3.8, 4) is 11.5 Å². The summed E-state index contributed by atoms with van der Waals surface area (Å²) < 4.78 is 34.7. The number of fused-ring (bicyclic) bond motifs is 1. The van der Waals surface area contributed by atoms with Crippen LogP contribution in [0.5, 0.6) is 11.5 Å². The molecule has 0 saturated carbocycles. The maximum Gasteiger partial charge on any atom is 0.387 e. The first-order valence-electron chi connectivity index (χ1n) is 8.41. The van der Waals surface area contributed by atoms with Gasteiger partial charge in [-0.25, -0.2) is 0 Å². The van der Waals surface area contributed by atoms with Crippen LogP contribution in [-0.4, -0.2) is 36.9 Å². The molecule has 1 heterocycles. The lowest BCUT2D eigenvalue weighted by Gasteiger charge is -2.26. The second kappa shape index (κ2) is 8.19. The van der Waals surface area contributed by atoms with E-state index in [0.29, 0.717) is 13.0 Å². The maximum absolute atomic E-state index is 12.3. The second-order valence-corrected chi connectivity index (χ2v) is 6.11. The first-order chi connectivity index (χ1) is 12.6. The average Bonchev–Trinajstić information content (AvgIpc) is 2.61. The Balaban J connectivity index is 1.85. The molecule has 1 aliphatic rings. The van der Waals surface area contributed by atoms with Crippen molar-refractivity contribution >= 4 is 5.57 Å². The van der Waals surface area contributed by atoms with Gasteiger partial charge in [0.2, 0.25) is 0 Å². The van der Waals surface area contributed by atoms with Crippen LogP contribution >= 0.6 is 0 Å². The highest BCUT2D eigenvalue weighted by atomic mass is 19.3. The molecule has 6 heteroatoms. The molecule has 26 heavy (non-hydrogen) atoms. The van der Waals surface area contributed by atoms with Crippen LogP contribution in [0.2, 0.25) is 0 Å². The molecule has 1 aliphatic heterocycles. The molecule has 0 radical (unpaired) electrons. The smallest absolute Gasteiger partial charge is 0.387 e. The second-order valence-electron chi connectivity index (χ2n) is 6.11. The summed E-state index contributed by atoms with van der Waals surface area (Å²) in [6.45, 7) is -1.50. The van der Waals surface area contributed by atoms with E-state index in [0.717, 1.165) is 34.6 Å². The number of benzene rings is 2. The standard InChI is InChI=1S/C20H21F2NO3/c1-23-12-15-11-17(25-10-2-9-24)7-8-18(15)19(13-23)14-3-5-16(6-4-14)26-20(21)22/h3-8,11,13,20,24H,2,9-10,12H2,1H3. The third kappa shape index (κ3) is 4.32. The number of hydrogen-bond acceptors (Lipinski definition) is 4. The summed E-state index contributed by atoms with van der Waals surface area (Å²) in [6, 6.07) is 12.6. The number of aliphatic hydroxyl groups is 1.